The van der Waals surface area contributed by atoms with Crippen molar-refractivity contribution in [3.63, 3.8) is 0 Å². The minimum absolute atomic E-state index is 0.146. The molecule has 20 heavy (non-hydrogen) atoms. The standard InChI is InChI=1S/C15H22INO3/c16-20-10-15(9-18)3-5-17(6-4-15)14(19)13-8-11-1-2-12(13)7-11/h1-2,11-13,18H,3-10H2. The number of carbonyl (C=O) groups excluding carboxylic acids is 1. The summed E-state index contributed by atoms with van der Waals surface area (Å²) in [5, 5.41) is 9.60. The van der Waals surface area contributed by atoms with Gasteiger partial charge in [0.1, 0.15) is 23.0 Å². The molecule has 3 unspecified atom stereocenters. The van der Waals surface area contributed by atoms with Gasteiger partial charge in [-0.1, -0.05) is 12.2 Å². The Morgan fingerprint density at radius 3 is 2.60 bits per heavy atom. The minimum Gasteiger partial charge on any atom is -0.396 e. The highest BCUT2D eigenvalue weighted by Gasteiger charge is 2.43. The zero-order valence-corrected chi connectivity index (χ0v) is 13.8. The number of halogens is 1. The average Bonchev–Trinajstić information content (AvgIpc) is 3.10. The van der Waals surface area contributed by atoms with Crippen LogP contribution in [0, 0.1) is 23.2 Å². The third-order valence-corrected chi connectivity index (χ3v) is 5.74. The Hall–Kier alpha value is -0.140. The van der Waals surface area contributed by atoms with Crippen molar-refractivity contribution < 1.29 is 13.0 Å². The van der Waals surface area contributed by atoms with Gasteiger partial charge in [0.2, 0.25) is 5.91 Å². The number of fused-ring (bicyclic) bond motifs is 2. The number of aliphatic hydroxyl groups is 1. The maximum atomic E-state index is 12.6. The van der Waals surface area contributed by atoms with Crippen LogP contribution in [0.4, 0.5) is 0 Å². The fraction of sp³-hybridized carbons (Fsp3) is 0.800. The smallest absolute Gasteiger partial charge is 0.226 e. The number of allylic oxidation sites excluding steroid dienone is 2. The summed E-state index contributed by atoms with van der Waals surface area (Å²) < 4.78 is 5.21. The topological polar surface area (TPSA) is 49.8 Å². The monoisotopic (exact) mass is 391 g/mol. The fourth-order valence-corrected chi connectivity index (χ4v) is 4.63. The van der Waals surface area contributed by atoms with E-state index in [4.69, 9.17) is 3.07 Å². The highest BCUT2D eigenvalue weighted by atomic mass is 127. The van der Waals surface area contributed by atoms with Gasteiger partial charge in [0.25, 0.3) is 0 Å². The lowest BCUT2D eigenvalue weighted by atomic mass is 9.79. The van der Waals surface area contributed by atoms with Crippen molar-refractivity contribution in [1.29, 1.82) is 0 Å². The molecule has 0 spiro atoms. The molecular weight excluding hydrogens is 369 g/mol. The number of amides is 1. The van der Waals surface area contributed by atoms with Crippen LogP contribution >= 0.6 is 23.0 Å². The maximum absolute atomic E-state index is 12.6. The highest BCUT2D eigenvalue weighted by Crippen LogP contribution is 2.44. The molecule has 3 aliphatic rings. The van der Waals surface area contributed by atoms with E-state index in [-0.39, 0.29) is 17.9 Å². The molecule has 2 aliphatic carbocycles. The predicted molar refractivity (Wildman–Crippen MR) is 84.1 cm³/mol. The number of rotatable bonds is 4. The summed E-state index contributed by atoms with van der Waals surface area (Å²) in [6.07, 6.45) is 8.41. The van der Waals surface area contributed by atoms with Crippen LogP contribution in [0.2, 0.25) is 0 Å². The molecule has 112 valence electrons. The molecule has 2 bridgehead atoms. The number of carbonyl (C=O) groups is 1. The molecule has 2 fully saturated rings. The Morgan fingerprint density at radius 1 is 1.35 bits per heavy atom. The number of nitrogens with zero attached hydrogens (tertiary/aromatic N) is 1. The van der Waals surface area contributed by atoms with E-state index in [1.165, 1.54) is 6.42 Å². The van der Waals surface area contributed by atoms with Crippen molar-refractivity contribution in [2.24, 2.45) is 23.2 Å². The van der Waals surface area contributed by atoms with Crippen LogP contribution in [-0.4, -0.2) is 42.2 Å². The van der Waals surface area contributed by atoms with E-state index in [9.17, 15) is 9.90 Å². The second-order valence-corrected chi connectivity index (χ2v) is 7.25. The Morgan fingerprint density at radius 2 is 2.10 bits per heavy atom. The van der Waals surface area contributed by atoms with Gasteiger partial charge in [-0.05, 0) is 37.5 Å². The molecular formula is C15H22INO3. The van der Waals surface area contributed by atoms with Gasteiger partial charge in [-0.2, -0.15) is 0 Å². The van der Waals surface area contributed by atoms with E-state index >= 15 is 0 Å². The van der Waals surface area contributed by atoms with E-state index in [0.717, 1.165) is 32.4 Å². The molecule has 1 N–H and O–H groups in total. The molecule has 3 atom stereocenters. The van der Waals surface area contributed by atoms with E-state index in [0.29, 0.717) is 24.3 Å². The van der Waals surface area contributed by atoms with Crippen molar-refractivity contribution in [3.05, 3.63) is 12.2 Å². The molecule has 5 heteroatoms. The minimum atomic E-state index is -0.146. The first-order chi connectivity index (χ1) is 9.67. The lowest BCUT2D eigenvalue weighted by Crippen LogP contribution is -2.48. The molecule has 4 nitrogen and oxygen atoms in total. The lowest BCUT2D eigenvalue weighted by Gasteiger charge is -2.41. The van der Waals surface area contributed by atoms with Crippen LogP contribution in [0.15, 0.2) is 12.2 Å². The van der Waals surface area contributed by atoms with Crippen molar-refractivity contribution in [2.45, 2.75) is 25.7 Å². The number of hydrogen-bond acceptors (Lipinski definition) is 3. The van der Waals surface area contributed by atoms with Gasteiger partial charge in [-0.3, -0.25) is 4.79 Å². The van der Waals surface area contributed by atoms with Crippen LogP contribution in [0.3, 0.4) is 0 Å². The highest BCUT2D eigenvalue weighted by molar-refractivity contribution is 14.1. The van der Waals surface area contributed by atoms with Crippen molar-refractivity contribution in [1.82, 2.24) is 4.90 Å². The van der Waals surface area contributed by atoms with Crippen LogP contribution in [-0.2, 0) is 7.86 Å². The first kappa shape index (κ1) is 14.8. The summed E-state index contributed by atoms with van der Waals surface area (Å²) in [5.41, 5.74) is -0.146. The number of hydrogen-bond donors (Lipinski definition) is 1. The van der Waals surface area contributed by atoms with Crippen molar-refractivity contribution >= 4 is 28.9 Å². The maximum Gasteiger partial charge on any atom is 0.226 e. The van der Waals surface area contributed by atoms with Gasteiger partial charge in [0, 0.05) is 24.4 Å². The summed E-state index contributed by atoms with van der Waals surface area (Å²) in [6, 6.07) is 0. The Kier molecular flexibility index (Phi) is 4.38. The molecule has 1 amide bonds. The van der Waals surface area contributed by atoms with Gasteiger partial charge in [-0.15, -0.1) is 0 Å². The fourth-order valence-electron chi connectivity index (χ4n) is 3.96. The largest absolute Gasteiger partial charge is 0.396 e. The molecule has 0 radical (unpaired) electrons. The zero-order chi connectivity index (χ0) is 14.2. The molecule has 0 aromatic rings. The molecule has 1 heterocycles. The first-order valence-corrected chi connectivity index (χ1v) is 8.37. The van der Waals surface area contributed by atoms with Crippen molar-refractivity contribution in [2.75, 3.05) is 26.3 Å². The van der Waals surface area contributed by atoms with Crippen LogP contribution < -0.4 is 0 Å². The quantitative estimate of drug-likeness (QED) is 0.591. The second-order valence-electron chi connectivity index (χ2n) is 6.62. The van der Waals surface area contributed by atoms with Gasteiger partial charge in [0.05, 0.1) is 13.2 Å². The number of piperidine rings is 1. The van der Waals surface area contributed by atoms with Gasteiger partial charge in [-0.25, -0.2) is 0 Å². The molecule has 1 saturated heterocycles. The summed E-state index contributed by atoms with van der Waals surface area (Å²) in [5.74, 6) is 1.67. The third-order valence-electron chi connectivity index (χ3n) is 5.43. The van der Waals surface area contributed by atoms with Crippen LogP contribution in [0.1, 0.15) is 25.7 Å². The summed E-state index contributed by atoms with van der Waals surface area (Å²) in [7, 11) is 0. The third kappa shape index (κ3) is 2.64. The zero-order valence-electron chi connectivity index (χ0n) is 11.6. The van der Waals surface area contributed by atoms with Gasteiger partial charge < -0.3 is 13.1 Å². The molecule has 1 saturated carbocycles. The summed E-state index contributed by atoms with van der Waals surface area (Å²) >= 11 is 1.89. The average molecular weight is 391 g/mol. The molecule has 0 aromatic carbocycles. The van der Waals surface area contributed by atoms with Gasteiger partial charge in [0.15, 0.2) is 0 Å². The van der Waals surface area contributed by atoms with E-state index in [1.807, 2.05) is 27.9 Å². The van der Waals surface area contributed by atoms with E-state index in [2.05, 4.69) is 12.2 Å². The predicted octanol–water partition coefficient (Wildman–Crippen LogP) is 2.17. The Balaban J connectivity index is 1.58. The Labute approximate surface area is 134 Å². The van der Waals surface area contributed by atoms with Crippen LogP contribution in [0.5, 0.6) is 0 Å². The van der Waals surface area contributed by atoms with Gasteiger partial charge >= 0.3 is 0 Å². The molecule has 3 rings (SSSR count). The lowest BCUT2D eigenvalue weighted by molar-refractivity contribution is -0.139. The molecule has 0 aromatic heterocycles. The summed E-state index contributed by atoms with van der Waals surface area (Å²) in [6.45, 7) is 2.24. The Bertz CT molecular complexity index is 404. The SMILES string of the molecule is O=C(C1CC2C=CC1C2)N1CCC(CO)(COI)CC1. The van der Waals surface area contributed by atoms with Crippen molar-refractivity contribution in [3.8, 4) is 0 Å². The normalized spacial score (nSPS) is 34.7. The number of aliphatic hydroxyl groups excluding tert-OH is 1. The first-order valence-electron chi connectivity index (χ1n) is 7.49. The van der Waals surface area contributed by atoms with E-state index < -0.39 is 0 Å². The van der Waals surface area contributed by atoms with Crippen LogP contribution in [0.25, 0.3) is 0 Å². The number of likely N-dealkylation sites (tertiary alicyclic amines) is 1. The molecule has 1 aliphatic heterocycles. The van der Waals surface area contributed by atoms with E-state index in [1.54, 1.807) is 0 Å². The summed E-state index contributed by atoms with van der Waals surface area (Å²) in [4.78, 5) is 14.7. The second kappa shape index (κ2) is 5.93.